The topological polar surface area (TPSA) is 70.0 Å². The first-order valence-electron chi connectivity index (χ1n) is 11.4. The summed E-state index contributed by atoms with van der Waals surface area (Å²) in [7, 11) is 0. The van der Waals surface area contributed by atoms with Crippen LogP contribution in [-0.4, -0.2) is 9.13 Å². The molecule has 0 spiro atoms. The summed E-state index contributed by atoms with van der Waals surface area (Å²) in [5, 5.41) is 0. The summed E-state index contributed by atoms with van der Waals surface area (Å²) in [5.41, 5.74) is -0.358. The van der Waals surface area contributed by atoms with Crippen molar-refractivity contribution in [3.63, 3.8) is 0 Å². The average Bonchev–Trinajstić information content (AvgIpc) is 2.88. The molecule has 1 heterocycles. The highest BCUT2D eigenvalue weighted by atomic mass is 19.4. The lowest BCUT2D eigenvalue weighted by Crippen LogP contribution is -2.43. The summed E-state index contributed by atoms with van der Waals surface area (Å²) >= 11 is 0. The number of nitrogens with zero attached hydrogens (tertiary/aromatic N) is 2. The Kier molecular flexibility index (Phi) is 7.51. The molecule has 4 aromatic rings. The molecule has 0 saturated carbocycles. The molecule has 1 atom stereocenters. The Morgan fingerprint density at radius 1 is 0.744 bits per heavy atom. The molecule has 0 fully saturated rings. The Bertz CT molecular complexity index is 1610. The van der Waals surface area contributed by atoms with Crippen LogP contribution in [0.5, 0.6) is 0 Å². The fourth-order valence-electron chi connectivity index (χ4n) is 4.24. The maximum absolute atomic E-state index is 14.6. The van der Waals surface area contributed by atoms with Gasteiger partial charge >= 0.3 is 18.0 Å². The predicted octanol–water partition coefficient (Wildman–Crippen LogP) is 5.60. The zero-order chi connectivity index (χ0) is 28.5. The number of nitrogens with two attached hydrogens (primary N) is 1. The standard InChI is InChI=1S/C27H20F7N3O2/c28-22-12-6-11-21(27(32,33)34)19(22)14-36-13-18(17-9-4-5-10-20(17)26(29,30)31)24(38)37(25(36)39)15-23(35)16-7-2-1-3-8-16/h1-13,23H,14-15,35H2/t23-/m0/s1. The number of hydrogen-bond donors (Lipinski definition) is 1. The van der Waals surface area contributed by atoms with Crippen molar-refractivity contribution in [1.29, 1.82) is 0 Å². The van der Waals surface area contributed by atoms with Gasteiger partial charge in [0.25, 0.3) is 5.56 Å². The van der Waals surface area contributed by atoms with Crippen LogP contribution in [0.3, 0.4) is 0 Å². The Morgan fingerprint density at radius 2 is 1.33 bits per heavy atom. The summed E-state index contributed by atoms with van der Waals surface area (Å²) in [5.74, 6) is -1.28. The molecule has 39 heavy (non-hydrogen) atoms. The van der Waals surface area contributed by atoms with Gasteiger partial charge in [0.05, 0.1) is 29.8 Å². The Hall–Kier alpha value is -4.19. The van der Waals surface area contributed by atoms with E-state index in [0.717, 1.165) is 30.3 Å². The van der Waals surface area contributed by atoms with Crippen LogP contribution < -0.4 is 17.0 Å². The first-order chi connectivity index (χ1) is 18.3. The third kappa shape index (κ3) is 5.80. The highest BCUT2D eigenvalue weighted by molar-refractivity contribution is 5.66. The first-order valence-corrected chi connectivity index (χ1v) is 11.4. The van der Waals surface area contributed by atoms with Gasteiger partial charge < -0.3 is 5.73 Å². The van der Waals surface area contributed by atoms with Gasteiger partial charge in [0.1, 0.15) is 5.82 Å². The summed E-state index contributed by atoms with van der Waals surface area (Å²) in [4.78, 5) is 26.7. The molecular formula is C27H20F7N3O2. The van der Waals surface area contributed by atoms with Crippen molar-refractivity contribution in [2.24, 2.45) is 5.73 Å². The molecule has 3 aromatic carbocycles. The zero-order valence-electron chi connectivity index (χ0n) is 19.9. The van der Waals surface area contributed by atoms with E-state index in [1.54, 1.807) is 30.3 Å². The number of halogens is 7. The number of alkyl halides is 6. The van der Waals surface area contributed by atoms with Gasteiger partial charge in [-0.1, -0.05) is 54.6 Å². The van der Waals surface area contributed by atoms with Gasteiger partial charge in [-0.25, -0.2) is 9.18 Å². The first kappa shape index (κ1) is 27.8. The van der Waals surface area contributed by atoms with Crippen LogP contribution in [0.15, 0.2) is 88.6 Å². The van der Waals surface area contributed by atoms with Crippen LogP contribution in [0.4, 0.5) is 30.7 Å². The molecule has 0 aliphatic carbocycles. The molecule has 0 saturated heterocycles. The average molecular weight is 551 g/mol. The molecule has 0 amide bonds. The predicted molar refractivity (Wildman–Crippen MR) is 129 cm³/mol. The lowest BCUT2D eigenvalue weighted by atomic mass is 10.0. The Labute approximate surface area is 216 Å². The molecule has 2 N–H and O–H groups in total. The maximum atomic E-state index is 14.6. The summed E-state index contributed by atoms with van der Waals surface area (Å²) in [6.07, 6.45) is -9.17. The van der Waals surface area contributed by atoms with Gasteiger partial charge in [0.2, 0.25) is 0 Å². The maximum Gasteiger partial charge on any atom is 0.417 e. The van der Waals surface area contributed by atoms with Crippen molar-refractivity contribution in [1.82, 2.24) is 9.13 Å². The van der Waals surface area contributed by atoms with Gasteiger partial charge in [-0.3, -0.25) is 13.9 Å². The third-order valence-corrected chi connectivity index (χ3v) is 6.12. The van der Waals surface area contributed by atoms with Crippen molar-refractivity contribution < 1.29 is 30.7 Å². The SMILES string of the molecule is N[C@@H](Cn1c(=O)c(-c2ccccc2C(F)(F)F)cn(Cc2c(F)cccc2C(F)(F)F)c1=O)c1ccccc1. The van der Waals surface area contributed by atoms with E-state index in [-0.39, 0.29) is 0 Å². The number of hydrogen-bond acceptors (Lipinski definition) is 3. The van der Waals surface area contributed by atoms with E-state index in [0.29, 0.717) is 27.0 Å². The van der Waals surface area contributed by atoms with Crippen molar-refractivity contribution in [2.45, 2.75) is 31.5 Å². The smallest absolute Gasteiger partial charge is 0.322 e. The van der Waals surface area contributed by atoms with E-state index in [9.17, 15) is 40.3 Å². The molecular weight excluding hydrogens is 531 g/mol. The van der Waals surface area contributed by atoms with Gasteiger partial charge in [-0.05, 0) is 23.8 Å². The van der Waals surface area contributed by atoms with Crippen molar-refractivity contribution in [2.75, 3.05) is 0 Å². The van der Waals surface area contributed by atoms with E-state index in [4.69, 9.17) is 5.73 Å². The van der Waals surface area contributed by atoms with Gasteiger partial charge in [-0.15, -0.1) is 0 Å². The molecule has 0 unspecified atom stereocenters. The minimum atomic E-state index is -4.99. The molecule has 0 radical (unpaired) electrons. The molecule has 4 rings (SSSR count). The van der Waals surface area contributed by atoms with Crippen LogP contribution in [0.1, 0.15) is 28.3 Å². The molecule has 1 aromatic heterocycles. The van der Waals surface area contributed by atoms with E-state index in [2.05, 4.69) is 0 Å². The minimum absolute atomic E-state index is 0.491. The van der Waals surface area contributed by atoms with Crippen LogP contribution >= 0.6 is 0 Å². The van der Waals surface area contributed by atoms with E-state index >= 15 is 0 Å². The van der Waals surface area contributed by atoms with Crippen molar-refractivity contribution in [3.8, 4) is 11.1 Å². The van der Waals surface area contributed by atoms with Crippen LogP contribution in [0.25, 0.3) is 11.1 Å². The van der Waals surface area contributed by atoms with Crippen LogP contribution in [0.2, 0.25) is 0 Å². The fourth-order valence-corrected chi connectivity index (χ4v) is 4.24. The quantitative estimate of drug-likeness (QED) is 0.317. The molecule has 12 heteroatoms. The van der Waals surface area contributed by atoms with E-state index in [1.807, 2.05) is 0 Å². The molecule has 0 aliphatic rings. The minimum Gasteiger partial charge on any atom is -0.322 e. The molecule has 204 valence electrons. The number of benzene rings is 3. The molecule has 0 aliphatic heterocycles. The summed E-state index contributed by atoms with van der Waals surface area (Å²) in [6.45, 7) is -1.52. The van der Waals surface area contributed by atoms with Crippen molar-refractivity contribution in [3.05, 3.63) is 128 Å². The van der Waals surface area contributed by atoms with Crippen molar-refractivity contribution >= 4 is 0 Å². The highest BCUT2D eigenvalue weighted by Crippen LogP contribution is 2.36. The summed E-state index contributed by atoms with van der Waals surface area (Å²) in [6, 6.07) is 13.5. The zero-order valence-corrected chi connectivity index (χ0v) is 19.9. The second-order valence-corrected chi connectivity index (χ2v) is 8.69. The Balaban J connectivity index is 1.97. The van der Waals surface area contributed by atoms with E-state index < -0.39 is 76.4 Å². The Morgan fingerprint density at radius 3 is 1.97 bits per heavy atom. The lowest BCUT2D eigenvalue weighted by molar-refractivity contribution is -0.138. The number of rotatable bonds is 6. The van der Waals surface area contributed by atoms with Crippen LogP contribution in [0, 0.1) is 5.82 Å². The van der Waals surface area contributed by atoms with Gasteiger partial charge in [-0.2, -0.15) is 26.3 Å². The molecule has 5 nitrogen and oxygen atoms in total. The second kappa shape index (κ2) is 10.5. The largest absolute Gasteiger partial charge is 0.417 e. The fraction of sp³-hybridized carbons (Fsp3) is 0.185. The van der Waals surface area contributed by atoms with Gasteiger partial charge in [0, 0.05) is 23.4 Å². The van der Waals surface area contributed by atoms with Crippen LogP contribution in [-0.2, 0) is 25.4 Å². The number of aromatic nitrogens is 2. The van der Waals surface area contributed by atoms with E-state index in [1.165, 1.54) is 6.07 Å². The normalized spacial score (nSPS) is 12.9. The summed E-state index contributed by atoms with van der Waals surface area (Å²) < 4.78 is 97.9. The highest BCUT2D eigenvalue weighted by Gasteiger charge is 2.36. The molecule has 0 bridgehead atoms. The second-order valence-electron chi connectivity index (χ2n) is 8.69. The monoisotopic (exact) mass is 551 g/mol. The third-order valence-electron chi connectivity index (χ3n) is 6.12. The lowest BCUT2D eigenvalue weighted by Gasteiger charge is -2.20. The van der Waals surface area contributed by atoms with Gasteiger partial charge in [0.15, 0.2) is 0 Å².